The van der Waals surface area contributed by atoms with Crippen molar-refractivity contribution in [2.24, 2.45) is 0 Å². The molecule has 3 heterocycles. The van der Waals surface area contributed by atoms with Gasteiger partial charge in [0.15, 0.2) is 0 Å². The van der Waals surface area contributed by atoms with Crippen LogP contribution >= 0.6 is 0 Å². The SMILES string of the molecule is CC(C)NC(=O)c1cc([C@@H]2CN(Cc3cnc(N(C)C)nc3)CCO2)nc2ccccc12. The van der Waals surface area contributed by atoms with Crippen LogP contribution in [0.25, 0.3) is 10.9 Å². The van der Waals surface area contributed by atoms with Gasteiger partial charge in [-0.2, -0.15) is 0 Å². The van der Waals surface area contributed by atoms with E-state index in [1.807, 2.05) is 75.6 Å². The van der Waals surface area contributed by atoms with Gasteiger partial charge in [-0.05, 0) is 26.0 Å². The van der Waals surface area contributed by atoms with Gasteiger partial charge in [0, 0.05) is 63.1 Å². The summed E-state index contributed by atoms with van der Waals surface area (Å²) >= 11 is 0. The van der Waals surface area contributed by atoms with E-state index in [1.54, 1.807) is 0 Å². The quantitative estimate of drug-likeness (QED) is 0.639. The summed E-state index contributed by atoms with van der Waals surface area (Å²) in [7, 11) is 3.85. The largest absolute Gasteiger partial charge is 0.369 e. The molecule has 1 fully saturated rings. The Morgan fingerprint density at radius 3 is 2.72 bits per heavy atom. The Bertz CT molecular complexity index is 1080. The van der Waals surface area contributed by atoms with Crippen LogP contribution in [0.5, 0.6) is 0 Å². The number of amides is 1. The van der Waals surface area contributed by atoms with Crippen LogP contribution in [0.3, 0.4) is 0 Å². The van der Waals surface area contributed by atoms with Gasteiger partial charge in [-0.15, -0.1) is 0 Å². The van der Waals surface area contributed by atoms with Crippen molar-refractivity contribution in [2.45, 2.75) is 32.5 Å². The molecular weight excluding hydrogens is 404 g/mol. The predicted molar refractivity (Wildman–Crippen MR) is 125 cm³/mol. The van der Waals surface area contributed by atoms with Crippen molar-refractivity contribution in [2.75, 3.05) is 38.7 Å². The Morgan fingerprint density at radius 2 is 2.00 bits per heavy atom. The molecule has 1 amide bonds. The fraction of sp³-hybridized carbons (Fsp3) is 0.417. The van der Waals surface area contributed by atoms with Gasteiger partial charge in [0.2, 0.25) is 5.95 Å². The number of morpholine rings is 1. The number of nitrogens with zero attached hydrogens (tertiary/aromatic N) is 5. The van der Waals surface area contributed by atoms with E-state index in [-0.39, 0.29) is 18.1 Å². The number of fused-ring (bicyclic) bond motifs is 1. The molecule has 0 saturated carbocycles. The van der Waals surface area contributed by atoms with Crippen LogP contribution in [-0.2, 0) is 11.3 Å². The van der Waals surface area contributed by atoms with Crippen molar-refractivity contribution in [3.63, 3.8) is 0 Å². The molecule has 1 aliphatic heterocycles. The summed E-state index contributed by atoms with van der Waals surface area (Å²) in [5.74, 6) is 0.604. The molecule has 168 valence electrons. The smallest absolute Gasteiger partial charge is 0.252 e. The van der Waals surface area contributed by atoms with Crippen LogP contribution in [0, 0.1) is 0 Å². The maximum absolute atomic E-state index is 12.9. The number of aromatic nitrogens is 3. The molecule has 8 nitrogen and oxygen atoms in total. The Morgan fingerprint density at radius 1 is 1.25 bits per heavy atom. The van der Waals surface area contributed by atoms with Gasteiger partial charge in [0.1, 0.15) is 6.10 Å². The molecule has 1 aromatic carbocycles. The maximum atomic E-state index is 12.9. The fourth-order valence-electron chi connectivity index (χ4n) is 3.83. The van der Waals surface area contributed by atoms with Crippen LogP contribution in [0.4, 0.5) is 5.95 Å². The highest BCUT2D eigenvalue weighted by Gasteiger charge is 2.25. The second-order valence-electron chi connectivity index (χ2n) is 8.62. The zero-order valence-corrected chi connectivity index (χ0v) is 19.1. The molecule has 1 aliphatic rings. The third kappa shape index (κ3) is 5.03. The van der Waals surface area contributed by atoms with E-state index in [2.05, 4.69) is 20.2 Å². The second-order valence-corrected chi connectivity index (χ2v) is 8.62. The van der Waals surface area contributed by atoms with Crippen molar-refractivity contribution in [3.8, 4) is 0 Å². The number of carbonyl (C=O) groups excluding carboxylic acids is 1. The van der Waals surface area contributed by atoms with Crippen LogP contribution in [0.1, 0.15) is 41.6 Å². The minimum absolute atomic E-state index is 0.0559. The Labute approximate surface area is 188 Å². The molecule has 0 radical (unpaired) electrons. The second kappa shape index (κ2) is 9.58. The van der Waals surface area contributed by atoms with Crippen LogP contribution < -0.4 is 10.2 Å². The average Bonchev–Trinajstić information content (AvgIpc) is 2.78. The van der Waals surface area contributed by atoms with Crippen LogP contribution in [0.15, 0.2) is 42.7 Å². The van der Waals surface area contributed by atoms with Crippen molar-refractivity contribution in [1.29, 1.82) is 0 Å². The van der Waals surface area contributed by atoms with Gasteiger partial charge < -0.3 is 15.0 Å². The third-order valence-corrected chi connectivity index (χ3v) is 5.38. The number of benzene rings is 1. The fourth-order valence-corrected chi connectivity index (χ4v) is 3.83. The van der Waals surface area contributed by atoms with E-state index in [4.69, 9.17) is 9.72 Å². The highest BCUT2D eigenvalue weighted by molar-refractivity contribution is 6.06. The zero-order chi connectivity index (χ0) is 22.7. The standard InChI is InChI=1S/C24H30N6O2/c1-16(2)27-23(31)19-11-21(28-20-8-6-5-7-18(19)20)22-15-30(9-10-32-22)14-17-12-25-24(26-13-17)29(3)4/h5-8,11-13,16,22H,9-10,14-15H2,1-4H3,(H,27,31)/t22-/m0/s1. The van der Waals surface area contributed by atoms with Gasteiger partial charge >= 0.3 is 0 Å². The molecule has 1 saturated heterocycles. The summed E-state index contributed by atoms with van der Waals surface area (Å²) in [4.78, 5) is 30.7. The highest BCUT2D eigenvalue weighted by atomic mass is 16.5. The number of carbonyl (C=O) groups is 1. The number of para-hydroxylation sites is 1. The highest BCUT2D eigenvalue weighted by Crippen LogP contribution is 2.27. The number of nitrogens with one attached hydrogen (secondary N) is 1. The normalized spacial score (nSPS) is 17.0. The first-order valence-corrected chi connectivity index (χ1v) is 10.9. The molecule has 1 atom stereocenters. The summed E-state index contributed by atoms with van der Waals surface area (Å²) in [6.45, 7) is 6.76. The molecule has 8 heteroatoms. The molecule has 0 bridgehead atoms. The van der Waals surface area contributed by atoms with E-state index in [0.29, 0.717) is 24.7 Å². The zero-order valence-electron chi connectivity index (χ0n) is 19.1. The molecule has 1 N–H and O–H groups in total. The summed E-state index contributed by atoms with van der Waals surface area (Å²) in [5, 5.41) is 3.85. The molecule has 3 aromatic rings. The van der Waals surface area contributed by atoms with Crippen molar-refractivity contribution >= 4 is 22.8 Å². The number of rotatable bonds is 6. The van der Waals surface area contributed by atoms with E-state index in [9.17, 15) is 4.79 Å². The van der Waals surface area contributed by atoms with Gasteiger partial charge in [-0.1, -0.05) is 18.2 Å². The molecular formula is C24H30N6O2. The number of ether oxygens (including phenoxy) is 1. The van der Waals surface area contributed by atoms with E-state index in [1.165, 1.54) is 0 Å². The van der Waals surface area contributed by atoms with E-state index < -0.39 is 0 Å². The Kier molecular flexibility index (Phi) is 6.62. The van der Waals surface area contributed by atoms with Gasteiger partial charge in [0.05, 0.1) is 23.4 Å². The van der Waals surface area contributed by atoms with Gasteiger partial charge in [0.25, 0.3) is 5.91 Å². The van der Waals surface area contributed by atoms with Gasteiger partial charge in [-0.25, -0.2) is 15.0 Å². The summed E-state index contributed by atoms with van der Waals surface area (Å²) in [6.07, 6.45) is 3.53. The van der Waals surface area contributed by atoms with Crippen molar-refractivity contribution < 1.29 is 9.53 Å². The Balaban J connectivity index is 1.56. The first kappa shape index (κ1) is 22.1. The lowest BCUT2D eigenvalue weighted by Gasteiger charge is -2.32. The van der Waals surface area contributed by atoms with Crippen LogP contribution in [-0.4, -0.2) is 65.6 Å². The lowest BCUT2D eigenvalue weighted by molar-refractivity contribution is -0.0349. The minimum atomic E-state index is -0.207. The first-order valence-electron chi connectivity index (χ1n) is 10.9. The van der Waals surface area contributed by atoms with Crippen molar-refractivity contribution in [3.05, 3.63) is 59.5 Å². The molecule has 0 unspecified atom stereocenters. The molecule has 2 aromatic heterocycles. The predicted octanol–water partition coefficient (Wildman–Crippen LogP) is 2.80. The summed E-state index contributed by atoms with van der Waals surface area (Å²) in [6, 6.07) is 9.68. The molecule has 0 aliphatic carbocycles. The number of hydrogen-bond acceptors (Lipinski definition) is 7. The average molecular weight is 435 g/mol. The lowest BCUT2D eigenvalue weighted by Crippen LogP contribution is -2.38. The third-order valence-electron chi connectivity index (χ3n) is 5.38. The number of hydrogen-bond donors (Lipinski definition) is 1. The molecule has 4 rings (SSSR count). The molecule has 0 spiro atoms. The monoisotopic (exact) mass is 434 g/mol. The first-order chi connectivity index (χ1) is 15.4. The van der Waals surface area contributed by atoms with Gasteiger partial charge in [-0.3, -0.25) is 9.69 Å². The van der Waals surface area contributed by atoms with E-state index in [0.717, 1.165) is 35.2 Å². The summed E-state index contributed by atoms with van der Waals surface area (Å²) in [5.41, 5.74) is 3.27. The summed E-state index contributed by atoms with van der Waals surface area (Å²) < 4.78 is 6.07. The topological polar surface area (TPSA) is 83.5 Å². The maximum Gasteiger partial charge on any atom is 0.252 e. The van der Waals surface area contributed by atoms with Crippen molar-refractivity contribution in [1.82, 2.24) is 25.2 Å². The Hall–Kier alpha value is -3.10. The number of pyridine rings is 1. The van der Waals surface area contributed by atoms with Crippen LogP contribution in [0.2, 0.25) is 0 Å². The van der Waals surface area contributed by atoms with E-state index >= 15 is 0 Å². The number of anilines is 1. The minimum Gasteiger partial charge on any atom is -0.369 e. The molecule has 32 heavy (non-hydrogen) atoms. The lowest BCUT2D eigenvalue weighted by atomic mass is 10.0.